The van der Waals surface area contributed by atoms with Gasteiger partial charge in [0.2, 0.25) is 11.8 Å². The van der Waals surface area contributed by atoms with Crippen molar-refractivity contribution in [2.75, 3.05) is 18.0 Å². The number of piperidine rings is 1. The summed E-state index contributed by atoms with van der Waals surface area (Å²) >= 11 is 0. The topological polar surface area (TPSA) is 113 Å². The summed E-state index contributed by atoms with van der Waals surface area (Å²) in [5.74, 6) is -1.08. The summed E-state index contributed by atoms with van der Waals surface area (Å²) in [5, 5.41) is 13.6. The third-order valence-electron chi connectivity index (χ3n) is 6.07. The first-order valence-electron chi connectivity index (χ1n) is 9.61. The van der Waals surface area contributed by atoms with E-state index in [1.165, 1.54) is 12.1 Å². The first-order chi connectivity index (χ1) is 13.4. The summed E-state index contributed by atoms with van der Waals surface area (Å²) in [6, 6.07) is 3.56. The first kappa shape index (κ1) is 18.4. The summed E-state index contributed by atoms with van der Waals surface area (Å²) in [5.41, 5.74) is -0.0808. The second-order valence-electron chi connectivity index (χ2n) is 7.64. The number of nitro benzene ring substituents is 1. The molecule has 148 valence electrons. The largest absolute Gasteiger partial charge is 0.367 e. The minimum Gasteiger partial charge on any atom is -0.367 e. The maximum absolute atomic E-state index is 13.5. The van der Waals surface area contributed by atoms with Crippen molar-refractivity contribution in [3.05, 3.63) is 33.9 Å². The van der Waals surface area contributed by atoms with Crippen LogP contribution in [0.5, 0.6) is 0 Å². The molecule has 3 aliphatic heterocycles. The Morgan fingerprint density at radius 2 is 2.07 bits per heavy atom. The standard InChI is InChI=1S/C19H22N4O5/c1-2-8-22-17(25)19(16(24)20-18(22)26)11-12-10-13(23(27)28)6-7-14(12)21-9-4-3-5-15(19)21/h6-7,10,15H,2-5,8-9,11H2,1H3,(H,20,24,26). The molecule has 3 heterocycles. The number of non-ortho nitro benzene ring substituents is 1. The molecule has 2 atom stereocenters. The van der Waals surface area contributed by atoms with Gasteiger partial charge in [0.25, 0.3) is 5.69 Å². The highest BCUT2D eigenvalue weighted by atomic mass is 16.6. The van der Waals surface area contributed by atoms with Crippen molar-refractivity contribution in [3.8, 4) is 0 Å². The summed E-state index contributed by atoms with van der Waals surface area (Å²) in [6.45, 7) is 2.75. The molecule has 0 aromatic heterocycles. The second kappa shape index (κ2) is 6.57. The Balaban J connectivity index is 1.87. The second-order valence-corrected chi connectivity index (χ2v) is 7.64. The first-order valence-corrected chi connectivity index (χ1v) is 9.61. The molecule has 4 rings (SSSR count). The number of anilines is 1. The van der Waals surface area contributed by atoms with Gasteiger partial charge in [-0.2, -0.15) is 0 Å². The van der Waals surface area contributed by atoms with Crippen LogP contribution in [0.15, 0.2) is 18.2 Å². The Morgan fingerprint density at radius 1 is 1.29 bits per heavy atom. The molecule has 0 bridgehead atoms. The minimum atomic E-state index is -1.44. The van der Waals surface area contributed by atoms with Crippen molar-refractivity contribution in [1.82, 2.24) is 10.2 Å². The van der Waals surface area contributed by atoms with Crippen molar-refractivity contribution in [2.45, 2.75) is 45.1 Å². The Morgan fingerprint density at radius 3 is 2.79 bits per heavy atom. The number of hydrogen-bond acceptors (Lipinski definition) is 6. The van der Waals surface area contributed by atoms with E-state index in [1.807, 2.05) is 11.8 Å². The van der Waals surface area contributed by atoms with Gasteiger partial charge >= 0.3 is 6.03 Å². The molecule has 2 unspecified atom stereocenters. The molecule has 28 heavy (non-hydrogen) atoms. The van der Waals surface area contributed by atoms with Crippen LogP contribution in [-0.2, 0) is 16.0 Å². The van der Waals surface area contributed by atoms with Gasteiger partial charge in [-0.15, -0.1) is 0 Å². The van der Waals surface area contributed by atoms with Crippen molar-refractivity contribution < 1.29 is 19.3 Å². The number of nitrogens with one attached hydrogen (secondary N) is 1. The smallest absolute Gasteiger partial charge is 0.330 e. The van der Waals surface area contributed by atoms with E-state index in [0.29, 0.717) is 24.9 Å². The Hall–Kier alpha value is -2.97. The van der Waals surface area contributed by atoms with Crippen LogP contribution in [-0.4, -0.2) is 46.8 Å². The molecule has 2 fully saturated rings. The molecular weight excluding hydrogens is 364 g/mol. The molecule has 0 radical (unpaired) electrons. The SMILES string of the molecule is CCCN1C(=O)NC(=O)C2(Cc3cc([N+](=O)[O-])ccc3N3CCCCC32)C1=O. The lowest BCUT2D eigenvalue weighted by molar-refractivity contribution is -0.384. The number of urea groups is 1. The molecule has 0 saturated carbocycles. The third kappa shape index (κ3) is 2.49. The molecule has 1 aromatic carbocycles. The van der Waals surface area contributed by atoms with Gasteiger partial charge < -0.3 is 4.90 Å². The van der Waals surface area contributed by atoms with Gasteiger partial charge in [-0.1, -0.05) is 6.92 Å². The van der Waals surface area contributed by atoms with E-state index in [1.54, 1.807) is 6.07 Å². The summed E-state index contributed by atoms with van der Waals surface area (Å²) in [6.07, 6.45) is 3.09. The number of amides is 4. The summed E-state index contributed by atoms with van der Waals surface area (Å²) in [7, 11) is 0. The highest BCUT2D eigenvalue weighted by Crippen LogP contribution is 2.48. The molecule has 3 aliphatic rings. The van der Waals surface area contributed by atoms with Gasteiger partial charge in [0.05, 0.1) is 11.0 Å². The monoisotopic (exact) mass is 386 g/mol. The van der Waals surface area contributed by atoms with Crippen LogP contribution in [0.2, 0.25) is 0 Å². The van der Waals surface area contributed by atoms with E-state index >= 15 is 0 Å². The zero-order valence-corrected chi connectivity index (χ0v) is 15.6. The lowest BCUT2D eigenvalue weighted by Crippen LogP contribution is -2.72. The van der Waals surface area contributed by atoms with Gasteiger partial charge in [0.1, 0.15) is 0 Å². The Bertz CT molecular complexity index is 885. The van der Waals surface area contributed by atoms with Crippen LogP contribution in [0.1, 0.15) is 38.2 Å². The molecule has 0 aliphatic carbocycles. The number of barbiturate groups is 1. The van der Waals surface area contributed by atoms with Gasteiger partial charge in [0.15, 0.2) is 5.41 Å². The lowest BCUT2D eigenvalue weighted by Gasteiger charge is -2.53. The zero-order valence-electron chi connectivity index (χ0n) is 15.6. The molecule has 1 N–H and O–H groups in total. The molecule has 9 nitrogen and oxygen atoms in total. The highest BCUT2D eigenvalue weighted by Gasteiger charge is 2.62. The quantitative estimate of drug-likeness (QED) is 0.483. The predicted molar refractivity (Wildman–Crippen MR) is 99.8 cm³/mol. The van der Waals surface area contributed by atoms with Gasteiger partial charge in [-0.05, 0) is 37.3 Å². The highest BCUT2D eigenvalue weighted by molar-refractivity contribution is 6.20. The van der Waals surface area contributed by atoms with Gasteiger partial charge in [-0.3, -0.25) is 29.9 Å². The van der Waals surface area contributed by atoms with Crippen LogP contribution in [0.25, 0.3) is 0 Å². The molecule has 4 amide bonds. The summed E-state index contributed by atoms with van der Waals surface area (Å²) in [4.78, 5) is 52.7. The number of hydrogen-bond donors (Lipinski definition) is 1. The van der Waals surface area contributed by atoms with E-state index in [9.17, 15) is 24.5 Å². The summed E-state index contributed by atoms with van der Waals surface area (Å²) < 4.78 is 0. The van der Waals surface area contributed by atoms with Crippen LogP contribution in [0.3, 0.4) is 0 Å². The van der Waals surface area contributed by atoms with Crippen LogP contribution >= 0.6 is 0 Å². The minimum absolute atomic E-state index is 0.0589. The van der Waals surface area contributed by atoms with Gasteiger partial charge in [-0.25, -0.2) is 4.79 Å². The third-order valence-corrected chi connectivity index (χ3v) is 6.07. The van der Waals surface area contributed by atoms with Crippen LogP contribution in [0, 0.1) is 15.5 Å². The fraction of sp³-hybridized carbons (Fsp3) is 0.526. The normalized spacial score (nSPS) is 26.8. The average Bonchev–Trinajstić information content (AvgIpc) is 2.69. The fourth-order valence-electron chi connectivity index (χ4n) is 4.84. The molecule has 2 saturated heterocycles. The van der Waals surface area contributed by atoms with E-state index in [2.05, 4.69) is 5.32 Å². The van der Waals surface area contributed by atoms with Crippen LogP contribution < -0.4 is 10.2 Å². The Kier molecular flexibility index (Phi) is 4.32. The average molecular weight is 386 g/mol. The molecular formula is C19H22N4O5. The van der Waals surface area contributed by atoms with Crippen LogP contribution in [0.4, 0.5) is 16.2 Å². The van der Waals surface area contributed by atoms with E-state index in [4.69, 9.17) is 0 Å². The number of carbonyl (C=O) groups excluding carboxylic acids is 3. The molecule has 1 aromatic rings. The van der Waals surface area contributed by atoms with Crippen molar-refractivity contribution in [2.24, 2.45) is 5.41 Å². The fourth-order valence-corrected chi connectivity index (χ4v) is 4.84. The van der Waals surface area contributed by atoms with Gasteiger partial charge in [0, 0.05) is 37.3 Å². The zero-order chi connectivity index (χ0) is 20.1. The number of imide groups is 2. The lowest BCUT2D eigenvalue weighted by atomic mass is 9.66. The van der Waals surface area contributed by atoms with Crippen molar-refractivity contribution in [1.29, 1.82) is 0 Å². The number of benzene rings is 1. The predicted octanol–water partition coefficient (Wildman–Crippen LogP) is 1.98. The number of nitrogens with zero attached hydrogens (tertiary/aromatic N) is 3. The maximum Gasteiger partial charge on any atom is 0.330 e. The van der Waals surface area contributed by atoms with E-state index in [0.717, 1.165) is 23.4 Å². The van der Waals surface area contributed by atoms with Crippen molar-refractivity contribution >= 4 is 29.2 Å². The number of rotatable bonds is 3. The molecule has 1 spiro atoms. The maximum atomic E-state index is 13.5. The molecule has 9 heteroatoms. The number of carbonyl (C=O) groups is 3. The van der Waals surface area contributed by atoms with Crippen molar-refractivity contribution in [3.63, 3.8) is 0 Å². The van der Waals surface area contributed by atoms with E-state index in [-0.39, 0.29) is 24.7 Å². The number of nitro groups is 1. The Labute approximate surface area is 161 Å². The number of fused-ring (bicyclic) bond motifs is 4. The van der Waals surface area contributed by atoms with E-state index < -0.39 is 28.2 Å².